The van der Waals surface area contributed by atoms with Gasteiger partial charge in [-0.1, -0.05) is 0 Å². The summed E-state index contributed by atoms with van der Waals surface area (Å²) in [5.41, 5.74) is 4.72. The van der Waals surface area contributed by atoms with E-state index in [9.17, 15) is 19.7 Å². The summed E-state index contributed by atoms with van der Waals surface area (Å²) in [7, 11) is 1.37. The van der Waals surface area contributed by atoms with Gasteiger partial charge in [0.25, 0.3) is 0 Å². The van der Waals surface area contributed by atoms with Gasteiger partial charge in [0.05, 0.1) is 7.05 Å². The zero-order valence-corrected chi connectivity index (χ0v) is 9.85. The third-order valence-corrected chi connectivity index (χ3v) is 2.21. The maximum atomic E-state index is 10.9. The molecule has 3 N–H and O–H groups in total. The van der Waals surface area contributed by atoms with E-state index < -0.39 is 23.8 Å². The summed E-state index contributed by atoms with van der Waals surface area (Å²) in [6.07, 6.45) is -1.51. The van der Waals surface area contributed by atoms with Crippen LogP contribution in [0.4, 0.5) is 15.4 Å². The molecule has 0 saturated carbocycles. The smallest absolute Gasteiger partial charge is 0.410 e. The average molecular weight is 273 g/mol. The third-order valence-electron chi connectivity index (χ3n) is 2.21. The molecule has 0 atom stereocenters. The van der Waals surface area contributed by atoms with Crippen LogP contribution in [0.1, 0.15) is 5.82 Å². The first kappa shape index (κ1) is 14.2. The number of carbonyl (C=O) groups excluding carboxylic acids is 1. The fourth-order valence-electron chi connectivity index (χ4n) is 1.23. The monoisotopic (exact) mass is 273 g/mol. The number of hydrogen-bond acceptors (Lipinski definition) is 6. The van der Waals surface area contributed by atoms with Gasteiger partial charge in [-0.05, 0) is 4.92 Å². The zero-order valence-electron chi connectivity index (χ0n) is 9.85. The number of rotatable bonds is 5. The fraction of sp³-hybridized carbons (Fsp3) is 0.375. The average Bonchev–Trinajstić information content (AvgIpc) is 2.65. The number of nitro groups is 1. The van der Waals surface area contributed by atoms with Crippen LogP contribution in [0.2, 0.25) is 0 Å². The first-order valence-corrected chi connectivity index (χ1v) is 4.88. The molecule has 1 aromatic heterocycles. The van der Waals surface area contributed by atoms with Crippen LogP contribution < -0.4 is 5.73 Å². The van der Waals surface area contributed by atoms with Crippen molar-refractivity contribution in [1.82, 2.24) is 14.5 Å². The molecule has 0 aliphatic rings. The van der Waals surface area contributed by atoms with Crippen molar-refractivity contribution in [1.29, 1.82) is 0 Å². The standard InChI is InChI=1S/C8H11N5O6/c1-11-5(10-2-6(11)13(17)18)3-12(8(15)16)4-19-7(9)14/h2H,3-4H2,1H3,(H2,9,14)(H,15,16). The van der Waals surface area contributed by atoms with E-state index >= 15 is 0 Å². The number of amides is 2. The molecule has 2 amide bonds. The second kappa shape index (κ2) is 5.66. The molecule has 104 valence electrons. The molecule has 0 spiro atoms. The Balaban J connectivity index is 2.82. The summed E-state index contributed by atoms with van der Waals surface area (Å²) >= 11 is 0. The van der Waals surface area contributed by atoms with Crippen LogP contribution in [0.3, 0.4) is 0 Å². The van der Waals surface area contributed by atoms with Gasteiger partial charge < -0.3 is 25.7 Å². The summed E-state index contributed by atoms with van der Waals surface area (Å²) in [5, 5.41) is 19.5. The van der Waals surface area contributed by atoms with Crippen molar-refractivity contribution in [3.63, 3.8) is 0 Å². The minimum absolute atomic E-state index is 0.127. The highest BCUT2D eigenvalue weighted by Gasteiger charge is 2.22. The number of nitrogens with two attached hydrogens (primary N) is 1. The van der Waals surface area contributed by atoms with Crippen LogP contribution in [-0.2, 0) is 18.3 Å². The normalized spacial score (nSPS) is 9.95. The Morgan fingerprint density at radius 3 is 2.74 bits per heavy atom. The van der Waals surface area contributed by atoms with Crippen molar-refractivity contribution in [2.45, 2.75) is 6.54 Å². The highest BCUT2D eigenvalue weighted by Crippen LogP contribution is 2.13. The molecule has 0 unspecified atom stereocenters. The molecule has 0 saturated heterocycles. The molecular weight excluding hydrogens is 262 g/mol. The van der Waals surface area contributed by atoms with Gasteiger partial charge in [-0.2, -0.15) is 0 Å². The van der Waals surface area contributed by atoms with Crippen molar-refractivity contribution in [3.8, 4) is 0 Å². The second-order valence-electron chi connectivity index (χ2n) is 3.42. The number of carbonyl (C=O) groups is 2. The first-order chi connectivity index (χ1) is 8.82. The molecule has 0 aliphatic carbocycles. The van der Waals surface area contributed by atoms with Crippen LogP contribution in [0.25, 0.3) is 0 Å². The highest BCUT2D eigenvalue weighted by molar-refractivity contribution is 5.67. The Kier molecular flexibility index (Phi) is 4.23. The predicted molar refractivity (Wildman–Crippen MR) is 59.0 cm³/mol. The number of carboxylic acid groups (broad SMARTS) is 1. The zero-order chi connectivity index (χ0) is 14.6. The second-order valence-corrected chi connectivity index (χ2v) is 3.42. The van der Waals surface area contributed by atoms with E-state index in [2.05, 4.69) is 9.72 Å². The topological polar surface area (TPSA) is 154 Å². The third kappa shape index (κ3) is 3.55. The highest BCUT2D eigenvalue weighted by atomic mass is 16.6. The van der Waals surface area contributed by atoms with Crippen LogP contribution in [0.5, 0.6) is 0 Å². The van der Waals surface area contributed by atoms with Crippen molar-refractivity contribution in [2.24, 2.45) is 12.8 Å². The summed E-state index contributed by atoms with van der Waals surface area (Å²) in [6, 6.07) is 0. The molecule has 0 fully saturated rings. The quantitative estimate of drug-likeness (QED) is 0.429. The summed E-state index contributed by atoms with van der Waals surface area (Å²) < 4.78 is 5.47. The number of primary amides is 1. The number of hydrogen-bond donors (Lipinski definition) is 2. The van der Waals surface area contributed by atoms with Gasteiger partial charge in [0.2, 0.25) is 5.82 Å². The lowest BCUT2D eigenvalue weighted by molar-refractivity contribution is -0.391. The molecule has 0 bridgehead atoms. The largest absolute Gasteiger partial charge is 0.465 e. The summed E-state index contributed by atoms with van der Waals surface area (Å²) in [4.78, 5) is 35.7. The number of imidazole rings is 1. The molecule has 1 aromatic rings. The lowest BCUT2D eigenvalue weighted by atomic mass is 10.5. The lowest BCUT2D eigenvalue weighted by Gasteiger charge is -2.16. The van der Waals surface area contributed by atoms with Crippen molar-refractivity contribution >= 4 is 18.0 Å². The Bertz CT molecular complexity index is 512. The molecule has 1 heterocycles. The Hall–Kier alpha value is -2.85. The molecule has 11 nitrogen and oxygen atoms in total. The van der Waals surface area contributed by atoms with Crippen molar-refractivity contribution in [3.05, 3.63) is 22.1 Å². The number of nitrogens with zero attached hydrogens (tertiary/aromatic N) is 4. The van der Waals surface area contributed by atoms with Gasteiger partial charge in [-0.3, -0.25) is 4.90 Å². The SMILES string of the molecule is Cn1c([N+](=O)[O-])cnc1CN(COC(N)=O)C(=O)O. The first-order valence-electron chi connectivity index (χ1n) is 4.88. The van der Waals surface area contributed by atoms with E-state index in [1.165, 1.54) is 7.05 Å². The van der Waals surface area contributed by atoms with Crippen LogP contribution in [-0.4, -0.2) is 43.4 Å². The minimum atomic E-state index is -1.38. The van der Waals surface area contributed by atoms with Gasteiger partial charge >= 0.3 is 18.0 Å². The van der Waals surface area contributed by atoms with E-state index in [-0.39, 0.29) is 18.2 Å². The van der Waals surface area contributed by atoms with E-state index in [4.69, 9.17) is 10.8 Å². The lowest BCUT2D eigenvalue weighted by Crippen LogP contribution is -2.34. The van der Waals surface area contributed by atoms with Crippen molar-refractivity contribution < 1.29 is 24.4 Å². The number of ether oxygens (including phenoxy) is 1. The number of aromatic nitrogens is 2. The molecule has 19 heavy (non-hydrogen) atoms. The summed E-state index contributed by atoms with van der Waals surface area (Å²) in [6.45, 7) is -0.877. The van der Waals surface area contributed by atoms with Gasteiger partial charge in [-0.15, -0.1) is 0 Å². The maximum absolute atomic E-state index is 10.9. The molecule has 1 rings (SSSR count). The molecular formula is C8H11N5O6. The van der Waals surface area contributed by atoms with Crippen LogP contribution in [0.15, 0.2) is 6.20 Å². The van der Waals surface area contributed by atoms with Crippen molar-refractivity contribution in [2.75, 3.05) is 6.73 Å². The van der Waals surface area contributed by atoms with E-state index in [1.54, 1.807) is 0 Å². The van der Waals surface area contributed by atoms with Gasteiger partial charge in [-0.25, -0.2) is 19.1 Å². The van der Waals surface area contributed by atoms with E-state index in [0.29, 0.717) is 4.90 Å². The minimum Gasteiger partial charge on any atom is -0.465 e. The summed E-state index contributed by atoms with van der Waals surface area (Å²) in [5.74, 6) is -0.154. The Labute approximate surface area is 106 Å². The Morgan fingerprint density at radius 2 is 2.32 bits per heavy atom. The van der Waals surface area contributed by atoms with Crippen LogP contribution >= 0.6 is 0 Å². The Morgan fingerprint density at radius 1 is 1.68 bits per heavy atom. The molecule has 0 aromatic carbocycles. The molecule has 11 heteroatoms. The fourth-order valence-corrected chi connectivity index (χ4v) is 1.23. The van der Waals surface area contributed by atoms with Crippen LogP contribution in [0, 0.1) is 10.1 Å². The van der Waals surface area contributed by atoms with E-state index in [1.807, 2.05) is 0 Å². The maximum Gasteiger partial charge on any atom is 0.410 e. The molecule has 0 aliphatic heterocycles. The predicted octanol–water partition coefficient (Wildman–Crippen LogP) is -0.139. The van der Waals surface area contributed by atoms with E-state index in [0.717, 1.165) is 10.8 Å². The van der Waals surface area contributed by atoms with Gasteiger partial charge in [0.1, 0.15) is 12.7 Å². The van der Waals surface area contributed by atoms with Gasteiger partial charge in [0.15, 0.2) is 6.73 Å². The van der Waals surface area contributed by atoms with Gasteiger partial charge in [0, 0.05) is 0 Å². The molecule has 0 radical (unpaired) electrons.